The number of rotatable bonds is 63. The summed E-state index contributed by atoms with van der Waals surface area (Å²) in [6, 6.07) is 0. The third-order valence-electron chi connectivity index (χ3n) is 15.1. The molecule has 10 heteroatoms. The summed E-state index contributed by atoms with van der Waals surface area (Å²) in [7, 11) is 1.17. The van der Waals surface area contributed by atoms with Crippen molar-refractivity contribution >= 4 is 19.8 Å². The van der Waals surface area contributed by atoms with Gasteiger partial charge in [0.1, 0.15) is 19.8 Å². The van der Waals surface area contributed by atoms with Crippen LogP contribution in [0.25, 0.3) is 0 Å². The SMILES string of the molecule is CCCC/C=C\C/C=C\CCCCCCCC(=O)OCC(COP(=O)([O-])OCC[N+](C)(C)C)OC(=O)CCCCCCCCCCCCCCCCCCCCCCCCCCCCCCC/C=C\C/C=C\CCCCCCC. The minimum Gasteiger partial charge on any atom is -0.756 e. The first kappa shape index (κ1) is 77.0. The van der Waals surface area contributed by atoms with Crippen LogP contribution in [0.1, 0.15) is 328 Å². The lowest BCUT2D eigenvalue weighted by molar-refractivity contribution is -0.870. The van der Waals surface area contributed by atoms with Gasteiger partial charge in [-0.1, -0.05) is 294 Å². The van der Waals surface area contributed by atoms with Gasteiger partial charge in [-0.3, -0.25) is 14.2 Å². The van der Waals surface area contributed by atoms with Crippen LogP contribution in [0, 0.1) is 0 Å². The monoisotopic (exact) mass is 1130 g/mol. The number of quaternary nitrogens is 1. The Balaban J connectivity index is 3.84. The number of carbonyl (C=O) groups excluding carboxylic acids is 2. The Labute approximate surface area is 490 Å². The molecule has 0 saturated carbocycles. The molecule has 0 aromatic heterocycles. The molecule has 0 N–H and O–H groups in total. The van der Waals surface area contributed by atoms with Crippen LogP contribution < -0.4 is 4.89 Å². The molecule has 0 heterocycles. The van der Waals surface area contributed by atoms with Gasteiger partial charge in [-0.05, 0) is 70.6 Å². The Kier molecular flexibility index (Phi) is 59.0. The Morgan fingerprint density at radius 2 is 0.696 bits per heavy atom. The quantitative estimate of drug-likeness (QED) is 0.0195. The minimum absolute atomic E-state index is 0.0319. The second-order valence-electron chi connectivity index (χ2n) is 24.2. The molecule has 0 rings (SSSR count). The molecule has 464 valence electrons. The zero-order valence-corrected chi connectivity index (χ0v) is 53.7. The molecule has 0 aliphatic carbocycles. The molecule has 0 saturated heterocycles. The second-order valence-corrected chi connectivity index (χ2v) is 25.6. The Hall–Kier alpha value is -2.03. The largest absolute Gasteiger partial charge is 0.756 e. The van der Waals surface area contributed by atoms with E-state index < -0.39 is 32.5 Å². The van der Waals surface area contributed by atoms with Crippen molar-refractivity contribution in [3.05, 3.63) is 48.6 Å². The summed E-state index contributed by atoms with van der Waals surface area (Å²) in [5.41, 5.74) is 0. The molecule has 0 aromatic carbocycles. The molecule has 79 heavy (non-hydrogen) atoms. The molecule has 0 spiro atoms. The number of allylic oxidation sites excluding steroid dienone is 8. The predicted octanol–water partition coefficient (Wildman–Crippen LogP) is 21.0. The van der Waals surface area contributed by atoms with Gasteiger partial charge in [0.25, 0.3) is 7.82 Å². The average Bonchev–Trinajstić information content (AvgIpc) is 3.41. The van der Waals surface area contributed by atoms with Crippen molar-refractivity contribution in [2.45, 2.75) is 335 Å². The van der Waals surface area contributed by atoms with Crippen molar-refractivity contribution in [2.75, 3.05) is 47.5 Å². The van der Waals surface area contributed by atoms with Crippen LogP contribution in [0.5, 0.6) is 0 Å². The van der Waals surface area contributed by atoms with Crippen LogP contribution in [0.15, 0.2) is 48.6 Å². The smallest absolute Gasteiger partial charge is 0.306 e. The zero-order valence-electron chi connectivity index (χ0n) is 52.8. The fraction of sp³-hybridized carbons (Fsp3) is 0.855. The van der Waals surface area contributed by atoms with E-state index in [1.54, 1.807) is 0 Å². The van der Waals surface area contributed by atoms with E-state index in [4.69, 9.17) is 18.5 Å². The molecule has 0 aromatic rings. The van der Waals surface area contributed by atoms with E-state index in [2.05, 4.69) is 62.5 Å². The van der Waals surface area contributed by atoms with Crippen molar-refractivity contribution in [3.63, 3.8) is 0 Å². The van der Waals surface area contributed by atoms with Crippen molar-refractivity contribution in [2.24, 2.45) is 0 Å². The number of hydrogen-bond acceptors (Lipinski definition) is 8. The van der Waals surface area contributed by atoms with Crippen LogP contribution in [0.4, 0.5) is 0 Å². The summed E-state index contributed by atoms with van der Waals surface area (Å²) < 4.78 is 34.2. The lowest BCUT2D eigenvalue weighted by atomic mass is 10.0. The summed E-state index contributed by atoms with van der Waals surface area (Å²) in [5, 5.41) is 0. The average molecular weight is 1130 g/mol. The standard InChI is InChI=1S/C69H130NO8P/c1-6-8-10-12-14-16-18-20-22-23-24-25-26-27-28-29-30-31-32-33-34-35-36-37-38-39-40-41-42-43-44-45-46-47-48-50-52-54-56-58-60-62-69(72)78-67(66-77-79(73,74)76-64-63-70(3,4)5)65-75-68(71)61-59-57-55-53-51-49-21-19-17-15-13-11-9-7-2/h13,15,18-21,23-24,67H,6-12,14,16-17,22,25-66H2,1-5H3/b15-13-,20-18-,21-19-,24-23-. The molecule has 0 fully saturated rings. The van der Waals surface area contributed by atoms with E-state index in [-0.39, 0.29) is 26.1 Å². The van der Waals surface area contributed by atoms with Gasteiger partial charge in [-0.15, -0.1) is 0 Å². The van der Waals surface area contributed by atoms with E-state index in [0.29, 0.717) is 23.9 Å². The fourth-order valence-electron chi connectivity index (χ4n) is 9.82. The molecule has 0 radical (unpaired) electrons. The summed E-state index contributed by atoms with van der Waals surface area (Å²) in [5.74, 6) is -0.837. The maximum atomic E-state index is 12.8. The van der Waals surface area contributed by atoms with Crippen LogP contribution in [0.2, 0.25) is 0 Å². The highest BCUT2D eigenvalue weighted by molar-refractivity contribution is 7.45. The normalized spacial score (nSPS) is 13.4. The molecule has 0 aliphatic rings. The van der Waals surface area contributed by atoms with Gasteiger partial charge >= 0.3 is 11.9 Å². The van der Waals surface area contributed by atoms with E-state index in [1.165, 1.54) is 225 Å². The second kappa shape index (κ2) is 60.6. The number of nitrogens with zero attached hydrogens (tertiary/aromatic N) is 1. The summed E-state index contributed by atoms with van der Waals surface area (Å²) in [4.78, 5) is 37.9. The van der Waals surface area contributed by atoms with Crippen molar-refractivity contribution in [1.29, 1.82) is 0 Å². The minimum atomic E-state index is -4.64. The molecule has 9 nitrogen and oxygen atoms in total. The van der Waals surface area contributed by atoms with Gasteiger partial charge in [-0.25, -0.2) is 0 Å². The lowest BCUT2D eigenvalue weighted by Crippen LogP contribution is -2.37. The molecular formula is C69H130NO8P. The van der Waals surface area contributed by atoms with Crippen LogP contribution in [-0.2, 0) is 32.7 Å². The van der Waals surface area contributed by atoms with Crippen LogP contribution in [0.3, 0.4) is 0 Å². The van der Waals surface area contributed by atoms with Crippen LogP contribution >= 0.6 is 7.82 Å². The van der Waals surface area contributed by atoms with Crippen LogP contribution in [-0.4, -0.2) is 70.0 Å². The molecule has 2 atom stereocenters. The molecule has 0 bridgehead atoms. The fourth-order valence-corrected chi connectivity index (χ4v) is 10.6. The number of unbranched alkanes of at least 4 members (excludes halogenated alkanes) is 41. The van der Waals surface area contributed by atoms with Gasteiger partial charge in [0.2, 0.25) is 0 Å². The number of carbonyl (C=O) groups is 2. The van der Waals surface area contributed by atoms with Gasteiger partial charge in [-0.2, -0.15) is 0 Å². The Bertz CT molecular complexity index is 1470. The summed E-state index contributed by atoms with van der Waals surface area (Å²) >= 11 is 0. The van der Waals surface area contributed by atoms with Gasteiger partial charge < -0.3 is 27.9 Å². The first-order valence-corrected chi connectivity index (χ1v) is 35.3. The highest BCUT2D eigenvalue weighted by Crippen LogP contribution is 2.38. The Morgan fingerprint density at radius 3 is 1.04 bits per heavy atom. The molecule has 0 aliphatic heterocycles. The first-order chi connectivity index (χ1) is 38.5. The van der Waals surface area contributed by atoms with Gasteiger partial charge in [0.15, 0.2) is 6.10 Å². The summed E-state index contributed by atoms with van der Waals surface area (Å²) in [6.07, 6.45) is 77.9. The number of phosphoric ester groups is 1. The van der Waals surface area contributed by atoms with E-state index >= 15 is 0 Å². The molecular weight excluding hydrogens is 1000 g/mol. The zero-order chi connectivity index (χ0) is 57.7. The van der Waals surface area contributed by atoms with E-state index in [9.17, 15) is 19.0 Å². The van der Waals surface area contributed by atoms with E-state index in [1.807, 2.05) is 21.1 Å². The number of ether oxygens (including phenoxy) is 2. The Morgan fingerprint density at radius 1 is 0.392 bits per heavy atom. The number of esters is 2. The highest BCUT2D eigenvalue weighted by Gasteiger charge is 2.22. The van der Waals surface area contributed by atoms with Gasteiger partial charge in [0, 0.05) is 12.8 Å². The predicted molar refractivity (Wildman–Crippen MR) is 337 cm³/mol. The lowest BCUT2D eigenvalue weighted by Gasteiger charge is -2.28. The topological polar surface area (TPSA) is 111 Å². The highest BCUT2D eigenvalue weighted by atomic mass is 31.2. The third-order valence-corrected chi connectivity index (χ3v) is 16.0. The van der Waals surface area contributed by atoms with E-state index in [0.717, 1.165) is 64.2 Å². The maximum Gasteiger partial charge on any atom is 0.306 e. The number of hydrogen-bond donors (Lipinski definition) is 0. The molecule has 0 amide bonds. The van der Waals surface area contributed by atoms with Crippen molar-refractivity contribution in [1.82, 2.24) is 0 Å². The maximum absolute atomic E-state index is 12.8. The van der Waals surface area contributed by atoms with Crippen molar-refractivity contribution in [3.8, 4) is 0 Å². The van der Waals surface area contributed by atoms with Crippen molar-refractivity contribution < 1.29 is 42.1 Å². The number of likely N-dealkylation sites (N-methyl/N-ethyl adjacent to an activating group) is 1. The first-order valence-electron chi connectivity index (χ1n) is 33.8. The third kappa shape index (κ3) is 65.0. The van der Waals surface area contributed by atoms with Gasteiger partial charge in [0.05, 0.1) is 27.7 Å². The summed E-state index contributed by atoms with van der Waals surface area (Å²) in [6.45, 7) is 4.21. The molecule has 2 unspecified atom stereocenters. The number of phosphoric acid groups is 1.